The Morgan fingerprint density at radius 2 is 1.73 bits per heavy atom. The lowest BCUT2D eigenvalue weighted by Gasteiger charge is -2.30. The second-order valence-corrected chi connectivity index (χ2v) is 9.02. The molecule has 3 atom stereocenters. The quantitative estimate of drug-likeness (QED) is 0.294. The summed E-state index contributed by atoms with van der Waals surface area (Å²) < 4.78 is 13.1. The fourth-order valence-electron chi connectivity index (χ4n) is 4.16. The van der Waals surface area contributed by atoms with Gasteiger partial charge < -0.3 is 20.2 Å². The molecule has 176 valence electrons. The summed E-state index contributed by atoms with van der Waals surface area (Å²) in [5.74, 6) is 0.609. The van der Waals surface area contributed by atoms with E-state index in [-0.39, 0.29) is 28.6 Å². The van der Waals surface area contributed by atoms with Crippen LogP contribution >= 0.6 is 24.4 Å². The zero-order valence-corrected chi connectivity index (χ0v) is 20.2. The maximum Gasteiger partial charge on any atom is 0.124 e. The molecule has 0 radical (unpaired) electrons. The van der Waals surface area contributed by atoms with Crippen LogP contribution in [0.2, 0.25) is 0 Å². The predicted octanol–water partition coefficient (Wildman–Crippen LogP) is 6.31. The van der Waals surface area contributed by atoms with Gasteiger partial charge in [0.1, 0.15) is 17.3 Å². The summed E-state index contributed by atoms with van der Waals surface area (Å²) >= 11 is 5.36. The summed E-state index contributed by atoms with van der Waals surface area (Å²) in [5.41, 5.74) is 2.59. The van der Waals surface area contributed by atoms with E-state index in [4.69, 9.17) is 0 Å². The Morgan fingerprint density at radius 1 is 1.03 bits per heavy atom. The van der Waals surface area contributed by atoms with Crippen molar-refractivity contribution in [2.45, 2.75) is 36.7 Å². The van der Waals surface area contributed by atoms with Crippen LogP contribution in [0.1, 0.15) is 42.5 Å². The third-order valence-corrected chi connectivity index (χ3v) is 7.11. The molecular weight excluding hydrogens is 457 g/mol. The molecule has 0 aliphatic carbocycles. The van der Waals surface area contributed by atoms with Gasteiger partial charge in [0.2, 0.25) is 0 Å². The van der Waals surface area contributed by atoms with Crippen LogP contribution in [-0.2, 0) is 0 Å². The summed E-state index contributed by atoms with van der Waals surface area (Å²) in [6.07, 6.45) is 3.31. The molecule has 1 heterocycles. The molecule has 3 aromatic carbocycles. The summed E-state index contributed by atoms with van der Waals surface area (Å²) in [6.45, 7) is 0. The van der Waals surface area contributed by atoms with E-state index >= 15 is 0 Å². The SMILES string of the molecule is CS.Oc1ccc(C2C(CCCC(O)c3ccc(F)cc3)SCN2c2ccccc2)c(O)c1. The first-order valence-corrected chi connectivity index (χ1v) is 12.8. The number of halogens is 1. The number of aliphatic hydroxyl groups is 1. The molecular formula is C26H30FNO3S2. The number of aromatic hydroxyl groups is 2. The normalized spacial score (nSPS) is 18.5. The molecule has 3 aromatic rings. The minimum atomic E-state index is -0.627. The molecule has 0 bridgehead atoms. The minimum Gasteiger partial charge on any atom is -0.508 e. The summed E-state index contributed by atoms with van der Waals surface area (Å²) in [5, 5.41) is 31.0. The molecule has 4 rings (SSSR count). The summed E-state index contributed by atoms with van der Waals surface area (Å²) in [4.78, 5) is 2.28. The van der Waals surface area contributed by atoms with Gasteiger partial charge in [-0.1, -0.05) is 30.3 Å². The van der Waals surface area contributed by atoms with E-state index in [9.17, 15) is 19.7 Å². The van der Waals surface area contributed by atoms with E-state index < -0.39 is 6.10 Å². The Morgan fingerprint density at radius 3 is 2.39 bits per heavy atom. The summed E-state index contributed by atoms with van der Waals surface area (Å²) in [7, 11) is 0. The smallest absolute Gasteiger partial charge is 0.124 e. The van der Waals surface area contributed by atoms with E-state index in [1.807, 2.05) is 30.0 Å². The molecule has 3 N–H and O–H groups in total. The van der Waals surface area contributed by atoms with Gasteiger partial charge in [-0.3, -0.25) is 0 Å². The highest BCUT2D eigenvalue weighted by molar-refractivity contribution is 8.00. The van der Waals surface area contributed by atoms with Crippen LogP contribution in [0.4, 0.5) is 10.1 Å². The highest BCUT2D eigenvalue weighted by Crippen LogP contribution is 2.47. The topological polar surface area (TPSA) is 63.9 Å². The van der Waals surface area contributed by atoms with Crippen molar-refractivity contribution in [2.75, 3.05) is 17.0 Å². The number of hydrogen-bond acceptors (Lipinski definition) is 6. The molecule has 0 amide bonds. The Bertz CT molecular complexity index is 1000. The zero-order chi connectivity index (χ0) is 23.8. The van der Waals surface area contributed by atoms with Crippen LogP contribution in [0.3, 0.4) is 0 Å². The molecule has 33 heavy (non-hydrogen) atoms. The van der Waals surface area contributed by atoms with E-state index in [2.05, 4.69) is 29.7 Å². The number of rotatable bonds is 7. The minimum absolute atomic E-state index is 0.0390. The van der Waals surface area contributed by atoms with Gasteiger partial charge >= 0.3 is 0 Å². The van der Waals surface area contributed by atoms with Crippen LogP contribution < -0.4 is 4.90 Å². The van der Waals surface area contributed by atoms with Crippen LogP contribution in [-0.4, -0.2) is 32.7 Å². The van der Waals surface area contributed by atoms with Gasteiger partial charge in [-0.25, -0.2) is 4.39 Å². The number of hydrogen-bond donors (Lipinski definition) is 4. The number of phenolic OH excluding ortho intramolecular Hbond substituents is 2. The molecule has 4 nitrogen and oxygen atoms in total. The fraction of sp³-hybridized carbons (Fsp3) is 0.308. The molecule has 0 spiro atoms. The monoisotopic (exact) mass is 487 g/mol. The van der Waals surface area contributed by atoms with Crippen molar-refractivity contribution in [1.82, 2.24) is 0 Å². The van der Waals surface area contributed by atoms with Crippen molar-refractivity contribution in [2.24, 2.45) is 0 Å². The lowest BCUT2D eigenvalue weighted by molar-refractivity contribution is 0.163. The third-order valence-electron chi connectivity index (χ3n) is 5.76. The number of phenols is 2. The van der Waals surface area contributed by atoms with Crippen LogP contribution in [0.5, 0.6) is 11.5 Å². The Kier molecular flexibility index (Phi) is 9.35. The number of aliphatic hydroxyl groups excluding tert-OH is 1. The number of anilines is 1. The van der Waals surface area contributed by atoms with Gasteiger partial charge in [-0.2, -0.15) is 12.6 Å². The van der Waals surface area contributed by atoms with Crippen molar-refractivity contribution in [1.29, 1.82) is 0 Å². The standard InChI is InChI=1S/C25H26FNO3S.CH4S/c26-18-11-9-17(10-12-18)22(29)7-4-8-24-25(21-14-13-20(28)15-23(21)30)27(16-31-24)19-5-2-1-3-6-19;1-2/h1-3,5-6,9-15,22,24-25,28-30H,4,7-8,16H2;2H,1H3. The second-order valence-electron chi connectivity index (χ2n) is 7.83. The third kappa shape index (κ3) is 6.37. The van der Waals surface area contributed by atoms with E-state index in [1.165, 1.54) is 18.2 Å². The van der Waals surface area contributed by atoms with Crippen molar-refractivity contribution in [3.05, 3.63) is 89.7 Å². The van der Waals surface area contributed by atoms with Crippen molar-refractivity contribution < 1.29 is 19.7 Å². The maximum atomic E-state index is 13.1. The largest absolute Gasteiger partial charge is 0.508 e. The van der Waals surface area contributed by atoms with E-state index in [1.54, 1.807) is 30.5 Å². The highest BCUT2D eigenvalue weighted by Gasteiger charge is 2.37. The number of nitrogens with zero attached hydrogens (tertiary/aromatic N) is 1. The molecule has 7 heteroatoms. The van der Waals surface area contributed by atoms with Crippen molar-refractivity contribution >= 4 is 30.1 Å². The number of para-hydroxylation sites is 1. The van der Waals surface area contributed by atoms with Crippen LogP contribution in [0.25, 0.3) is 0 Å². The number of benzene rings is 3. The molecule has 1 aliphatic rings. The molecule has 1 saturated heterocycles. The molecule has 1 fully saturated rings. The highest BCUT2D eigenvalue weighted by atomic mass is 32.2. The van der Waals surface area contributed by atoms with Crippen molar-refractivity contribution in [3.63, 3.8) is 0 Å². The second kappa shape index (κ2) is 12.2. The van der Waals surface area contributed by atoms with Gasteiger partial charge in [0.25, 0.3) is 0 Å². The first-order valence-electron chi connectivity index (χ1n) is 10.9. The van der Waals surface area contributed by atoms with Gasteiger partial charge in [0.05, 0.1) is 18.0 Å². The summed E-state index contributed by atoms with van der Waals surface area (Å²) in [6, 6.07) is 20.8. The zero-order valence-electron chi connectivity index (χ0n) is 18.5. The van der Waals surface area contributed by atoms with Gasteiger partial charge in [-0.05, 0) is 67.5 Å². The Hall–Kier alpha value is -2.35. The number of thioether (sulfide) groups is 1. The lowest BCUT2D eigenvalue weighted by Crippen LogP contribution is -2.27. The average Bonchev–Trinajstić information content (AvgIpc) is 3.25. The predicted molar refractivity (Wildman–Crippen MR) is 138 cm³/mol. The molecule has 1 aliphatic heterocycles. The molecule has 3 unspecified atom stereocenters. The van der Waals surface area contributed by atoms with Gasteiger partial charge in [-0.15, -0.1) is 11.8 Å². The average molecular weight is 488 g/mol. The Labute approximate surface area is 204 Å². The molecule has 0 saturated carbocycles. The molecule has 0 aromatic heterocycles. The maximum absolute atomic E-state index is 13.1. The first kappa shape index (κ1) is 25.3. The van der Waals surface area contributed by atoms with Crippen LogP contribution in [0, 0.1) is 5.82 Å². The first-order chi connectivity index (χ1) is 16.0. The van der Waals surface area contributed by atoms with E-state index in [0.717, 1.165) is 35.5 Å². The van der Waals surface area contributed by atoms with Gasteiger partial charge in [0.15, 0.2) is 0 Å². The van der Waals surface area contributed by atoms with E-state index in [0.29, 0.717) is 6.42 Å². The Balaban J connectivity index is 0.00000149. The van der Waals surface area contributed by atoms with Gasteiger partial charge in [0, 0.05) is 22.6 Å². The fourth-order valence-corrected chi connectivity index (χ4v) is 5.63. The van der Waals surface area contributed by atoms with Crippen molar-refractivity contribution in [3.8, 4) is 11.5 Å². The lowest BCUT2D eigenvalue weighted by atomic mass is 9.95. The van der Waals surface area contributed by atoms with Crippen LogP contribution in [0.15, 0.2) is 72.8 Å². The number of thiol groups is 1.